The Morgan fingerprint density at radius 3 is 2.57 bits per heavy atom. The number of hydrogen-bond donors (Lipinski definition) is 2. The summed E-state index contributed by atoms with van der Waals surface area (Å²) >= 11 is 7.23. The number of aromatic nitrogens is 1. The third-order valence-electron chi connectivity index (χ3n) is 2.67. The fourth-order valence-electron chi connectivity index (χ4n) is 1.64. The van der Waals surface area contributed by atoms with Crippen molar-refractivity contribution in [2.45, 2.75) is 6.42 Å². The van der Waals surface area contributed by atoms with Crippen LogP contribution >= 0.6 is 22.9 Å². The fraction of sp³-hybridized carbons (Fsp3) is 0.214. The monoisotopic (exact) mass is 323 g/mol. The molecule has 0 aliphatic rings. The minimum Gasteiger partial charge on any atom is -0.352 e. The summed E-state index contributed by atoms with van der Waals surface area (Å²) in [7, 11) is 0. The van der Waals surface area contributed by atoms with Gasteiger partial charge in [-0.1, -0.05) is 17.7 Å². The van der Waals surface area contributed by atoms with Crippen LogP contribution in [0, 0.1) is 0 Å². The molecule has 110 valence electrons. The van der Waals surface area contributed by atoms with Crippen molar-refractivity contribution < 1.29 is 9.59 Å². The summed E-state index contributed by atoms with van der Waals surface area (Å²) in [5.74, 6) is -0.357. The van der Waals surface area contributed by atoms with Crippen molar-refractivity contribution in [2.24, 2.45) is 0 Å². The van der Waals surface area contributed by atoms with Crippen LogP contribution in [0.1, 0.15) is 26.5 Å². The number of carbonyl (C=O) groups excluding carboxylic acids is 2. The molecule has 2 N–H and O–H groups in total. The highest BCUT2D eigenvalue weighted by Gasteiger charge is 2.09. The molecule has 0 atom stereocenters. The van der Waals surface area contributed by atoms with E-state index in [9.17, 15) is 9.59 Å². The second-order valence-electron chi connectivity index (χ2n) is 4.18. The Labute approximate surface area is 131 Å². The highest BCUT2D eigenvalue weighted by atomic mass is 35.5. The first-order chi connectivity index (χ1) is 10.2. The second-order valence-corrected chi connectivity index (χ2v) is 5.49. The summed E-state index contributed by atoms with van der Waals surface area (Å²) in [6, 6.07) is 6.87. The van der Waals surface area contributed by atoms with E-state index in [4.69, 9.17) is 11.6 Å². The van der Waals surface area contributed by atoms with Crippen molar-refractivity contribution in [3.05, 3.63) is 51.4 Å². The van der Waals surface area contributed by atoms with Gasteiger partial charge < -0.3 is 10.6 Å². The number of pyridine rings is 1. The van der Waals surface area contributed by atoms with E-state index >= 15 is 0 Å². The highest BCUT2D eigenvalue weighted by molar-refractivity contribution is 7.12. The smallest absolute Gasteiger partial charge is 0.261 e. The summed E-state index contributed by atoms with van der Waals surface area (Å²) in [6.07, 6.45) is 2.17. The first-order valence-corrected chi connectivity index (χ1v) is 7.64. The summed E-state index contributed by atoms with van der Waals surface area (Å²) in [5.41, 5.74) is 0.349. The summed E-state index contributed by atoms with van der Waals surface area (Å²) in [5, 5.41) is 7.56. The summed E-state index contributed by atoms with van der Waals surface area (Å²) in [6.45, 7) is 0.951. The fourth-order valence-corrected chi connectivity index (χ4v) is 2.48. The van der Waals surface area contributed by atoms with Crippen molar-refractivity contribution in [3.8, 4) is 0 Å². The normalized spacial score (nSPS) is 10.1. The second kappa shape index (κ2) is 7.75. The van der Waals surface area contributed by atoms with Crippen LogP contribution in [0.5, 0.6) is 0 Å². The van der Waals surface area contributed by atoms with E-state index in [-0.39, 0.29) is 17.0 Å². The molecule has 2 rings (SSSR count). The molecule has 2 aromatic heterocycles. The average molecular weight is 324 g/mol. The molecule has 21 heavy (non-hydrogen) atoms. The molecule has 0 aliphatic carbocycles. The lowest BCUT2D eigenvalue weighted by atomic mass is 10.2. The molecule has 2 heterocycles. The van der Waals surface area contributed by atoms with Crippen LogP contribution in [0.3, 0.4) is 0 Å². The zero-order chi connectivity index (χ0) is 15.1. The number of amides is 2. The maximum absolute atomic E-state index is 11.8. The van der Waals surface area contributed by atoms with Gasteiger partial charge in [-0.05, 0) is 30.0 Å². The van der Waals surface area contributed by atoms with Gasteiger partial charge in [0.15, 0.2) is 0 Å². The van der Waals surface area contributed by atoms with E-state index in [0.29, 0.717) is 30.0 Å². The van der Waals surface area contributed by atoms with Crippen LogP contribution < -0.4 is 10.6 Å². The predicted octanol–water partition coefficient (Wildman–Crippen LogP) is 2.35. The molecular formula is C14H14ClN3O2S. The Bertz CT molecular complexity index is 616. The standard InChI is InChI=1S/C14H14ClN3O2S/c15-12-10(4-1-6-16-12)13(19)17-7-3-8-18-14(20)11-5-2-9-21-11/h1-2,4-6,9H,3,7-8H2,(H,17,19)(H,18,20). The quantitative estimate of drug-likeness (QED) is 0.633. The summed E-state index contributed by atoms with van der Waals surface area (Å²) < 4.78 is 0. The average Bonchev–Trinajstić information content (AvgIpc) is 3.01. The third kappa shape index (κ3) is 4.54. The molecule has 7 heteroatoms. The van der Waals surface area contributed by atoms with Gasteiger partial charge in [0, 0.05) is 19.3 Å². The lowest BCUT2D eigenvalue weighted by molar-refractivity contribution is 0.0952. The molecule has 2 amide bonds. The van der Waals surface area contributed by atoms with E-state index in [1.54, 1.807) is 18.2 Å². The van der Waals surface area contributed by atoms with Crippen LogP contribution in [0.15, 0.2) is 35.8 Å². The predicted molar refractivity (Wildman–Crippen MR) is 82.8 cm³/mol. The van der Waals surface area contributed by atoms with Crippen molar-refractivity contribution in [1.82, 2.24) is 15.6 Å². The van der Waals surface area contributed by atoms with Crippen molar-refractivity contribution >= 4 is 34.8 Å². The largest absolute Gasteiger partial charge is 0.352 e. The maximum Gasteiger partial charge on any atom is 0.261 e. The van der Waals surface area contributed by atoms with E-state index in [2.05, 4.69) is 15.6 Å². The molecule has 2 aromatic rings. The number of carbonyl (C=O) groups is 2. The molecule has 0 unspecified atom stereocenters. The van der Waals surface area contributed by atoms with E-state index < -0.39 is 0 Å². The molecule has 5 nitrogen and oxygen atoms in total. The highest BCUT2D eigenvalue weighted by Crippen LogP contribution is 2.10. The zero-order valence-corrected chi connectivity index (χ0v) is 12.7. The molecule has 0 aromatic carbocycles. The van der Waals surface area contributed by atoms with Gasteiger partial charge in [0.05, 0.1) is 10.4 Å². The lowest BCUT2D eigenvalue weighted by Gasteiger charge is -2.07. The van der Waals surface area contributed by atoms with Gasteiger partial charge in [0.1, 0.15) is 5.15 Å². The molecule has 0 radical (unpaired) electrons. The molecule has 0 bridgehead atoms. The lowest BCUT2D eigenvalue weighted by Crippen LogP contribution is -2.29. The Kier molecular flexibility index (Phi) is 5.71. The zero-order valence-electron chi connectivity index (χ0n) is 11.1. The van der Waals surface area contributed by atoms with Gasteiger partial charge in [-0.25, -0.2) is 4.98 Å². The van der Waals surface area contributed by atoms with Crippen molar-refractivity contribution in [1.29, 1.82) is 0 Å². The molecule has 0 saturated carbocycles. The molecule has 0 aliphatic heterocycles. The minimum absolute atomic E-state index is 0.0911. The SMILES string of the molecule is O=C(NCCCNC(=O)c1cccnc1Cl)c1cccs1. The van der Waals surface area contributed by atoms with Gasteiger partial charge in [0.2, 0.25) is 0 Å². The van der Waals surface area contributed by atoms with E-state index in [1.807, 2.05) is 11.4 Å². The Morgan fingerprint density at radius 1 is 1.14 bits per heavy atom. The van der Waals surface area contributed by atoms with Gasteiger partial charge in [-0.15, -0.1) is 11.3 Å². The van der Waals surface area contributed by atoms with Gasteiger partial charge >= 0.3 is 0 Å². The molecular weight excluding hydrogens is 310 g/mol. The van der Waals surface area contributed by atoms with E-state index in [0.717, 1.165) is 0 Å². The molecule has 0 spiro atoms. The van der Waals surface area contributed by atoms with Gasteiger partial charge in [0.25, 0.3) is 11.8 Å². The van der Waals surface area contributed by atoms with Crippen LogP contribution in [-0.4, -0.2) is 29.9 Å². The number of hydrogen-bond acceptors (Lipinski definition) is 4. The van der Waals surface area contributed by atoms with Crippen molar-refractivity contribution in [2.75, 3.05) is 13.1 Å². The Balaban J connectivity index is 1.67. The summed E-state index contributed by atoms with van der Waals surface area (Å²) in [4.78, 5) is 28.0. The number of nitrogens with one attached hydrogen (secondary N) is 2. The van der Waals surface area contributed by atoms with Crippen LogP contribution in [-0.2, 0) is 0 Å². The van der Waals surface area contributed by atoms with Gasteiger partial charge in [-0.3, -0.25) is 9.59 Å². The topological polar surface area (TPSA) is 71.1 Å². The van der Waals surface area contributed by atoms with Crippen LogP contribution in [0.2, 0.25) is 5.15 Å². The number of rotatable bonds is 6. The number of nitrogens with zero attached hydrogens (tertiary/aromatic N) is 1. The van der Waals surface area contributed by atoms with Crippen LogP contribution in [0.25, 0.3) is 0 Å². The molecule has 0 fully saturated rings. The van der Waals surface area contributed by atoms with Crippen LogP contribution in [0.4, 0.5) is 0 Å². The first kappa shape index (κ1) is 15.5. The van der Waals surface area contributed by atoms with Crippen molar-refractivity contribution in [3.63, 3.8) is 0 Å². The Morgan fingerprint density at radius 2 is 1.90 bits per heavy atom. The first-order valence-electron chi connectivity index (χ1n) is 6.39. The maximum atomic E-state index is 11.8. The third-order valence-corrected chi connectivity index (χ3v) is 3.84. The number of thiophene rings is 1. The van der Waals surface area contributed by atoms with Gasteiger partial charge in [-0.2, -0.15) is 0 Å². The molecule has 0 saturated heterocycles. The minimum atomic E-state index is -0.266. The Hall–Kier alpha value is -1.92. The number of halogens is 1. The van der Waals surface area contributed by atoms with E-state index in [1.165, 1.54) is 17.5 Å².